The molecule has 2 aliphatic heterocycles. The van der Waals surface area contributed by atoms with E-state index in [1.54, 1.807) is 9.80 Å². The number of hydrogen-bond acceptors (Lipinski definition) is 4. The molecule has 6 nitrogen and oxygen atoms in total. The summed E-state index contributed by atoms with van der Waals surface area (Å²) in [5.74, 6) is -0.501. The first-order chi connectivity index (χ1) is 11.6. The quantitative estimate of drug-likeness (QED) is 0.839. The second-order valence-corrected chi connectivity index (χ2v) is 6.04. The SMILES string of the molecule is Cl.O=C(c1ccc(F)cc1)N1CCCN(C(=O)C2CNCCO2)CC1. The summed E-state index contributed by atoms with van der Waals surface area (Å²) in [7, 11) is 0. The van der Waals surface area contributed by atoms with Crippen LogP contribution in [0.5, 0.6) is 0 Å². The van der Waals surface area contributed by atoms with Crippen molar-refractivity contribution in [3.8, 4) is 0 Å². The molecule has 0 spiro atoms. The third-order valence-corrected chi connectivity index (χ3v) is 4.39. The second kappa shape index (κ2) is 9.12. The van der Waals surface area contributed by atoms with Gasteiger partial charge in [-0.05, 0) is 30.7 Å². The fourth-order valence-corrected chi connectivity index (χ4v) is 3.04. The van der Waals surface area contributed by atoms with Crippen LogP contribution in [0.15, 0.2) is 24.3 Å². The van der Waals surface area contributed by atoms with Gasteiger partial charge in [0.15, 0.2) is 0 Å². The van der Waals surface area contributed by atoms with Crippen molar-refractivity contribution in [3.05, 3.63) is 35.6 Å². The van der Waals surface area contributed by atoms with Gasteiger partial charge in [-0.1, -0.05) is 0 Å². The summed E-state index contributed by atoms with van der Waals surface area (Å²) >= 11 is 0. The third kappa shape index (κ3) is 4.90. The van der Waals surface area contributed by atoms with Crippen molar-refractivity contribution in [2.45, 2.75) is 12.5 Å². The topological polar surface area (TPSA) is 61.9 Å². The van der Waals surface area contributed by atoms with Crippen LogP contribution in [0.2, 0.25) is 0 Å². The molecule has 2 heterocycles. The number of morpholine rings is 1. The van der Waals surface area contributed by atoms with Gasteiger partial charge in [0.1, 0.15) is 11.9 Å². The van der Waals surface area contributed by atoms with Crippen LogP contribution in [-0.4, -0.2) is 73.6 Å². The largest absolute Gasteiger partial charge is 0.366 e. The van der Waals surface area contributed by atoms with Crippen LogP contribution in [0.3, 0.4) is 0 Å². The Morgan fingerprint density at radius 3 is 2.44 bits per heavy atom. The predicted molar refractivity (Wildman–Crippen MR) is 93.4 cm³/mol. The number of nitrogens with one attached hydrogen (secondary N) is 1. The Labute approximate surface area is 152 Å². The number of halogens is 2. The molecule has 0 radical (unpaired) electrons. The Morgan fingerprint density at radius 1 is 1.08 bits per heavy atom. The van der Waals surface area contributed by atoms with Crippen molar-refractivity contribution in [2.24, 2.45) is 0 Å². The number of carbonyl (C=O) groups is 2. The van der Waals surface area contributed by atoms with Crippen molar-refractivity contribution in [1.82, 2.24) is 15.1 Å². The number of nitrogens with zero attached hydrogens (tertiary/aromatic N) is 2. The van der Waals surface area contributed by atoms with Crippen LogP contribution in [0.1, 0.15) is 16.8 Å². The minimum Gasteiger partial charge on any atom is -0.366 e. The summed E-state index contributed by atoms with van der Waals surface area (Å²) in [5.41, 5.74) is 0.469. The summed E-state index contributed by atoms with van der Waals surface area (Å²) in [6, 6.07) is 5.56. The van der Waals surface area contributed by atoms with Crippen LogP contribution in [0.4, 0.5) is 4.39 Å². The van der Waals surface area contributed by atoms with Gasteiger partial charge in [0, 0.05) is 44.8 Å². The second-order valence-electron chi connectivity index (χ2n) is 6.04. The summed E-state index contributed by atoms with van der Waals surface area (Å²) in [6.45, 7) is 4.01. The molecule has 2 saturated heterocycles. The molecule has 0 aromatic heterocycles. The molecule has 3 rings (SSSR count). The molecular weight excluding hydrogens is 349 g/mol. The number of carbonyl (C=O) groups excluding carboxylic acids is 2. The minimum atomic E-state index is -0.432. The number of amides is 2. The predicted octanol–water partition coefficient (Wildman–Crippen LogP) is 0.910. The number of benzene rings is 1. The van der Waals surface area contributed by atoms with Gasteiger partial charge in [0.25, 0.3) is 11.8 Å². The Bertz CT molecular complexity index is 593. The van der Waals surface area contributed by atoms with E-state index in [4.69, 9.17) is 4.74 Å². The van der Waals surface area contributed by atoms with E-state index >= 15 is 0 Å². The van der Waals surface area contributed by atoms with Crippen molar-refractivity contribution >= 4 is 24.2 Å². The normalized spacial score (nSPS) is 21.2. The lowest BCUT2D eigenvalue weighted by Crippen LogP contribution is -2.50. The first-order valence-electron chi connectivity index (χ1n) is 8.31. The van der Waals surface area contributed by atoms with E-state index in [1.165, 1.54) is 24.3 Å². The highest BCUT2D eigenvalue weighted by atomic mass is 35.5. The van der Waals surface area contributed by atoms with E-state index in [0.29, 0.717) is 44.9 Å². The summed E-state index contributed by atoms with van der Waals surface area (Å²) in [5, 5.41) is 3.16. The van der Waals surface area contributed by atoms with Gasteiger partial charge >= 0.3 is 0 Å². The zero-order valence-electron chi connectivity index (χ0n) is 13.9. The number of rotatable bonds is 2. The van der Waals surface area contributed by atoms with Crippen LogP contribution >= 0.6 is 12.4 Å². The van der Waals surface area contributed by atoms with Gasteiger partial charge in [-0.25, -0.2) is 4.39 Å². The molecule has 2 amide bonds. The van der Waals surface area contributed by atoms with E-state index < -0.39 is 6.10 Å². The molecule has 1 N–H and O–H groups in total. The highest BCUT2D eigenvalue weighted by Gasteiger charge is 2.29. The standard InChI is InChI=1S/C17H22FN3O3.ClH/c18-14-4-2-13(3-5-14)16(22)20-7-1-8-21(10-9-20)17(23)15-12-19-6-11-24-15;/h2-5,15,19H,1,6-12H2;1H. The van der Waals surface area contributed by atoms with E-state index in [9.17, 15) is 14.0 Å². The molecule has 8 heteroatoms. The van der Waals surface area contributed by atoms with E-state index in [-0.39, 0.29) is 30.0 Å². The maximum atomic E-state index is 13.0. The lowest BCUT2D eigenvalue weighted by molar-refractivity contribution is -0.145. The van der Waals surface area contributed by atoms with Crippen LogP contribution in [0.25, 0.3) is 0 Å². The molecule has 0 aliphatic carbocycles. The first kappa shape index (κ1) is 19.6. The molecule has 1 atom stereocenters. The van der Waals surface area contributed by atoms with Crippen molar-refractivity contribution in [2.75, 3.05) is 45.9 Å². The first-order valence-corrected chi connectivity index (χ1v) is 8.31. The maximum Gasteiger partial charge on any atom is 0.253 e. The lowest BCUT2D eigenvalue weighted by atomic mass is 10.2. The summed E-state index contributed by atoms with van der Waals surface area (Å²) < 4.78 is 18.5. The maximum absolute atomic E-state index is 13.0. The van der Waals surface area contributed by atoms with E-state index in [0.717, 1.165) is 13.0 Å². The molecule has 138 valence electrons. The van der Waals surface area contributed by atoms with Crippen LogP contribution in [0, 0.1) is 5.82 Å². The van der Waals surface area contributed by atoms with Gasteiger partial charge in [-0.3, -0.25) is 9.59 Å². The smallest absolute Gasteiger partial charge is 0.253 e. The third-order valence-electron chi connectivity index (χ3n) is 4.39. The fourth-order valence-electron chi connectivity index (χ4n) is 3.04. The molecule has 0 saturated carbocycles. The lowest BCUT2D eigenvalue weighted by Gasteiger charge is -2.29. The zero-order chi connectivity index (χ0) is 16.9. The zero-order valence-corrected chi connectivity index (χ0v) is 14.8. The minimum absolute atomic E-state index is 0. The van der Waals surface area contributed by atoms with Crippen LogP contribution in [-0.2, 0) is 9.53 Å². The Balaban J connectivity index is 0.00000225. The fraction of sp³-hybridized carbons (Fsp3) is 0.529. The average Bonchev–Trinajstić information content (AvgIpc) is 2.88. The molecule has 25 heavy (non-hydrogen) atoms. The Morgan fingerprint density at radius 2 is 1.76 bits per heavy atom. The van der Waals surface area contributed by atoms with Crippen molar-refractivity contribution in [1.29, 1.82) is 0 Å². The highest BCUT2D eigenvalue weighted by Crippen LogP contribution is 2.12. The Hall–Kier alpha value is -1.70. The number of hydrogen-bond donors (Lipinski definition) is 1. The van der Waals surface area contributed by atoms with Gasteiger partial charge in [0.05, 0.1) is 6.61 Å². The molecule has 1 unspecified atom stereocenters. The Kier molecular flexibility index (Phi) is 7.16. The summed E-state index contributed by atoms with van der Waals surface area (Å²) in [6.07, 6.45) is 0.289. The average molecular weight is 372 g/mol. The molecule has 2 aliphatic rings. The van der Waals surface area contributed by atoms with Gasteiger partial charge < -0.3 is 19.9 Å². The van der Waals surface area contributed by atoms with Crippen molar-refractivity contribution in [3.63, 3.8) is 0 Å². The number of ether oxygens (including phenoxy) is 1. The summed E-state index contributed by atoms with van der Waals surface area (Å²) in [4.78, 5) is 28.5. The monoisotopic (exact) mass is 371 g/mol. The van der Waals surface area contributed by atoms with E-state index in [1.807, 2.05) is 0 Å². The molecule has 0 bridgehead atoms. The van der Waals surface area contributed by atoms with Gasteiger partial charge in [0.2, 0.25) is 0 Å². The molecule has 2 fully saturated rings. The molecule has 1 aromatic carbocycles. The van der Waals surface area contributed by atoms with Gasteiger partial charge in [-0.15, -0.1) is 12.4 Å². The van der Waals surface area contributed by atoms with Gasteiger partial charge in [-0.2, -0.15) is 0 Å². The van der Waals surface area contributed by atoms with Crippen molar-refractivity contribution < 1.29 is 18.7 Å². The molecular formula is C17H23ClFN3O3. The van der Waals surface area contributed by atoms with Crippen LogP contribution < -0.4 is 5.32 Å². The highest BCUT2D eigenvalue weighted by molar-refractivity contribution is 5.94. The molecule has 1 aromatic rings. The van der Waals surface area contributed by atoms with E-state index in [2.05, 4.69) is 5.32 Å².